The number of amides is 2. The fourth-order valence-corrected chi connectivity index (χ4v) is 4.96. The molecule has 0 unspecified atom stereocenters. The van der Waals surface area contributed by atoms with Crippen molar-refractivity contribution < 1.29 is 14.3 Å². The van der Waals surface area contributed by atoms with Crippen LogP contribution in [0.1, 0.15) is 55.6 Å². The molecule has 2 aliphatic rings. The topological polar surface area (TPSA) is 127 Å². The standard InChI is InChI=1S/C24H29N5O3/c1-4-5-19(30)29-12-18(25)24(13-29)10-16(11-24)22-20(23(26)31)21(27-28-22)15-6-8-17(9-7-15)32-14(2)3/h6-9,14,16,18H,10-13,25H2,1-3H3,(H2,26,31)(H,27,28)/t16?,18-,24?/m1/s1. The van der Waals surface area contributed by atoms with Crippen LogP contribution in [-0.2, 0) is 4.79 Å². The Hall–Kier alpha value is -3.31. The van der Waals surface area contributed by atoms with Gasteiger partial charge in [-0.25, -0.2) is 0 Å². The summed E-state index contributed by atoms with van der Waals surface area (Å²) in [4.78, 5) is 26.3. The van der Waals surface area contributed by atoms with Crippen LogP contribution in [0.2, 0.25) is 0 Å². The molecule has 8 heteroatoms. The Morgan fingerprint density at radius 3 is 2.56 bits per heavy atom. The SMILES string of the molecule is CC#CC(=O)N1C[C@@H](N)C2(CC(c3[nH]nc(-c4ccc(OC(C)C)cc4)c3C(N)=O)C2)C1. The van der Waals surface area contributed by atoms with Crippen molar-refractivity contribution in [3.05, 3.63) is 35.5 Å². The molecule has 32 heavy (non-hydrogen) atoms. The molecule has 1 aliphatic carbocycles. The summed E-state index contributed by atoms with van der Waals surface area (Å²) in [5, 5.41) is 7.47. The highest BCUT2D eigenvalue weighted by atomic mass is 16.5. The van der Waals surface area contributed by atoms with E-state index in [1.165, 1.54) is 0 Å². The third kappa shape index (κ3) is 3.84. The van der Waals surface area contributed by atoms with Crippen molar-refractivity contribution in [2.24, 2.45) is 16.9 Å². The van der Waals surface area contributed by atoms with Gasteiger partial charge in [0.05, 0.1) is 17.4 Å². The summed E-state index contributed by atoms with van der Waals surface area (Å²) in [5.74, 6) is 5.38. The number of nitrogens with two attached hydrogens (primary N) is 2. The monoisotopic (exact) mass is 435 g/mol. The molecule has 2 aromatic rings. The third-order valence-corrected chi connectivity index (χ3v) is 6.48. The Balaban J connectivity index is 1.54. The molecule has 1 atom stereocenters. The maximum atomic E-state index is 12.4. The molecular weight excluding hydrogens is 406 g/mol. The van der Waals surface area contributed by atoms with Crippen LogP contribution in [0.25, 0.3) is 11.3 Å². The van der Waals surface area contributed by atoms with Crippen LogP contribution in [0.4, 0.5) is 0 Å². The fraction of sp³-hybridized carbons (Fsp3) is 0.458. The maximum absolute atomic E-state index is 12.4. The van der Waals surface area contributed by atoms with Crippen LogP contribution in [-0.4, -0.2) is 52.1 Å². The molecular formula is C24H29N5O3. The lowest BCUT2D eigenvalue weighted by atomic mass is 9.58. The highest BCUT2D eigenvalue weighted by molar-refractivity contribution is 6.00. The molecule has 2 fully saturated rings. The number of hydrogen-bond acceptors (Lipinski definition) is 5. The van der Waals surface area contributed by atoms with Crippen LogP contribution < -0.4 is 16.2 Å². The lowest BCUT2D eigenvalue weighted by Crippen LogP contribution is -2.49. The van der Waals surface area contributed by atoms with E-state index in [4.69, 9.17) is 16.2 Å². The Morgan fingerprint density at radius 2 is 1.97 bits per heavy atom. The van der Waals surface area contributed by atoms with Gasteiger partial charge in [-0.3, -0.25) is 14.7 Å². The van der Waals surface area contributed by atoms with Gasteiger partial charge < -0.3 is 21.1 Å². The minimum atomic E-state index is -0.516. The lowest BCUT2D eigenvalue weighted by molar-refractivity contribution is -0.124. The molecule has 1 aromatic carbocycles. The van der Waals surface area contributed by atoms with Crippen molar-refractivity contribution in [3.8, 4) is 28.8 Å². The third-order valence-electron chi connectivity index (χ3n) is 6.48. The number of likely N-dealkylation sites (tertiary alicyclic amines) is 1. The van der Waals surface area contributed by atoms with Crippen molar-refractivity contribution in [1.82, 2.24) is 15.1 Å². The fourth-order valence-electron chi connectivity index (χ4n) is 4.96. The lowest BCUT2D eigenvalue weighted by Gasteiger charge is -2.47. The molecule has 4 rings (SSSR count). The van der Waals surface area contributed by atoms with E-state index in [2.05, 4.69) is 22.0 Å². The van der Waals surface area contributed by atoms with E-state index >= 15 is 0 Å². The van der Waals surface area contributed by atoms with E-state index < -0.39 is 5.91 Å². The van der Waals surface area contributed by atoms with Crippen molar-refractivity contribution in [2.75, 3.05) is 13.1 Å². The molecule has 1 saturated heterocycles. The molecule has 1 aliphatic heterocycles. The Labute approximate surface area is 187 Å². The second-order valence-corrected chi connectivity index (χ2v) is 9.05. The van der Waals surface area contributed by atoms with Gasteiger partial charge in [0, 0.05) is 36.0 Å². The smallest absolute Gasteiger partial charge is 0.298 e. The van der Waals surface area contributed by atoms with Crippen LogP contribution >= 0.6 is 0 Å². The molecule has 1 saturated carbocycles. The van der Waals surface area contributed by atoms with Crippen LogP contribution in [0, 0.1) is 17.3 Å². The summed E-state index contributed by atoms with van der Waals surface area (Å²) >= 11 is 0. The molecule has 1 spiro atoms. The van der Waals surface area contributed by atoms with Gasteiger partial charge in [-0.2, -0.15) is 5.10 Å². The number of nitrogens with zero attached hydrogens (tertiary/aromatic N) is 2. The number of carbonyl (C=O) groups excluding carboxylic acids is 2. The molecule has 2 heterocycles. The van der Waals surface area contributed by atoms with Gasteiger partial charge in [0.15, 0.2) is 0 Å². The second-order valence-electron chi connectivity index (χ2n) is 9.05. The Bertz CT molecular complexity index is 1090. The number of ether oxygens (including phenoxy) is 1. The van der Waals surface area contributed by atoms with Crippen molar-refractivity contribution in [3.63, 3.8) is 0 Å². The molecule has 8 nitrogen and oxygen atoms in total. The highest BCUT2D eigenvalue weighted by Gasteiger charge is 2.55. The van der Waals surface area contributed by atoms with Crippen molar-refractivity contribution in [2.45, 2.75) is 51.7 Å². The van der Waals surface area contributed by atoms with Crippen molar-refractivity contribution in [1.29, 1.82) is 0 Å². The van der Waals surface area contributed by atoms with Crippen LogP contribution in [0.5, 0.6) is 5.75 Å². The van der Waals surface area contributed by atoms with Gasteiger partial charge in [-0.15, -0.1) is 0 Å². The predicted octanol–water partition coefficient (Wildman–Crippen LogP) is 2.02. The van der Waals surface area contributed by atoms with E-state index in [0.717, 1.165) is 29.8 Å². The van der Waals surface area contributed by atoms with Gasteiger partial charge in [-0.1, -0.05) is 5.92 Å². The minimum absolute atomic E-state index is 0.0761. The number of aromatic amines is 1. The molecule has 5 N–H and O–H groups in total. The van der Waals surface area contributed by atoms with Gasteiger partial charge in [0.2, 0.25) is 0 Å². The van der Waals surface area contributed by atoms with E-state index in [9.17, 15) is 9.59 Å². The number of rotatable bonds is 5. The summed E-state index contributed by atoms with van der Waals surface area (Å²) in [6.45, 7) is 6.67. The van der Waals surface area contributed by atoms with Gasteiger partial charge in [0.1, 0.15) is 11.4 Å². The molecule has 168 valence electrons. The first-order valence-electron chi connectivity index (χ1n) is 10.9. The zero-order chi connectivity index (χ0) is 23.0. The summed E-state index contributed by atoms with van der Waals surface area (Å²) in [7, 11) is 0. The quantitative estimate of drug-likeness (QED) is 0.619. The number of primary amides is 1. The first-order chi connectivity index (χ1) is 15.2. The summed E-state index contributed by atoms with van der Waals surface area (Å²) in [5.41, 5.74) is 14.5. The molecule has 0 bridgehead atoms. The van der Waals surface area contributed by atoms with Crippen molar-refractivity contribution >= 4 is 11.8 Å². The molecule has 2 amide bonds. The number of nitrogens with one attached hydrogen (secondary N) is 1. The molecule has 0 radical (unpaired) electrons. The van der Waals surface area contributed by atoms with E-state index in [0.29, 0.717) is 24.3 Å². The van der Waals surface area contributed by atoms with E-state index in [1.807, 2.05) is 38.1 Å². The average Bonchev–Trinajstić information content (AvgIpc) is 3.29. The summed E-state index contributed by atoms with van der Waals surface area (Å²) < 4.78 is 5.69. The minimum Gasteiger partial charge on any atom is -0.491 e. The predicted molar refractivity (Wildman–Crippen MR) is 121 cm³/mol. The second kappa shape index (κ2) is 8.32. The van der Waals surface area contributed by atoms with Gasteiger partial charge in [-0.05, 0) is 63.8 Å². The zero-order valence-corrected chi connectivity index (χ0v) is 18.6. The maximum Gasteiger partial charge on any atom is 0.298 e. The van der Waals surface area contributed by atoms with Gasteiger partial charge in [0.25, 0.3) is 11.8 Å². The van der Waals surface area contributed by atoms with E-state index in [-0.39, 0.29) is 29.4 Å². The summed E-state index contributed by atoms with van der Waals surface area (Å²) in [6, 6.07) is 7.34. The molecule has 1 aromatic heterocycles. The number of carbonyl (C=O) groups is 2. The van der Waals surface area contributed by atoms with Gasteiger partial charge >= 0.3 is 0 Å². The Kier molecular flexibility index (Phi) is 5.70. The summed E-state index contributed by atoms with van der Waals surface area (Å²) in [6.07, 6.45) is 1.60. The normalized spacial score (nSPS) is 24.2. The number of aromatic nitrogens is 2. The van der Waals surface area contributed by atoms with Crippen LogP contribution in [0.15, 0.2) is 24.3 Å². The largest absolute Gasteiger partial charge is 0.491 e. The zero-order valence-electron chi connectivity index (χ0n) is 18.6. The Morgan fingerprint density at radius 1 is 1.28 bits per heavy atom. The highest BCUT2D eigenvalue weighted by Crippen LogP contribution is 2.56. The van der Waals surface area contributed by atoms with Crippen LogP contribution in [0.3, 0.4) is 0 Å². The first kappa shape index (κ1) is 21.9. The van der Waals surface area contributed by atoms with E-state index in [1.54, 1.807) is 11.8 Å². The first-order valence-corrected chi connectivity index (χ1v) is 10.9. The average molecular weight is 436 g/mol. The number of benzene rings is 1. The number of hydrogen-bond donors (Lipinski definition) is 3. The number of H-pyrrole nitrogens is 1.